The predicted octanol–water partition coefficient (Wildman–Crippen LogP) is 1.99. The van der Waals surface area contributed by atoms with Crippen LogP contribution >= 0.6 is 11.6 Å². The lowest BCUT2D eigenvalue weighted by Crippen LogP contribution is -2.24. The highest BCUT2D eigenvalue weighted by atomic mass is 35.5. The van der Waals surface area contributed by atoms with E-state index in [0.717, 1.165) is 0 Å². The molecule has 0 aliphatic heterocycles. The molecule has 1 N–H and O–H groups in total. The van der Waals surface area contributed by atoms with Crippen molar-refractivity contribution in [3.63, 3.8) is 0 Å². The van der Waals surface area contributed by atoms with Crippen molar-refractivity contribution in [3.8, 4) is 11.5 Å². The SMILES string of the molecule is COC(=O)C(C)Oc1ccc(Cl)cc1O. The molecule has 0 fully saturated rings. The van der Waals surface area contributed by atoms with Crippen molar-refractivity contribution in [2.24, 2.45) is 0 Å². The molecular formula is C10H11ClO4. The number of rotatable bonds is 3. The number of phenolic OH excluding ortho intramolecular Hbond substituents is 1. The van der Waals surface area contributed by atoms with E-state index in [1.165, 1.54) is 26.2 Å². The second-order valence-corrected chi connectivity index (χ2v) is 3.33. The molecule has 4 nitrogen and oxygen atoms in total. The third-order valence-electron chi connectivity index (χ3n) is 1.76. The highest BCUT2D eigenvalue weighted by Crippen LogP contribution is 2.29. The maximum atomic E-state index is 11.0. The first-order valence-corrected chi connectivity index (χ1v) is 4.65. The molecule has 0 aliphatic carbocycles. The zero-order valence-electron chi connectivity index (χ0n) is 8.36. The highest BCUT2D eigenvalue weighted by Gasteiger charge is 2.16. The Labute approximate surface area is 92.4 Å². The number of esters is 1. The summed E-state index contributed by atoms with van der Waals surface area (Å²) in [6.45, 7) is 1.53. The van der Waals surface area contributed by atoms with Crippen molar-refractivity contribution in [2.75, 3.05) is 7.11 Å². The van der Waals surface area contributed by atoms with Crippen LogP contribution in [0.15, 0.2) is 18.2 Å². The summed E-state index contributed by atoms with van der Waals surface area (Å²) in [5.74, 6) is -0.431. The fourth-order valence-electron chi connectivity index (χ4n) is 0.995. The van der Waals surface area contributed by atoms with Gasteiger partial charge >= 0.3 is 5.97 Å². The van der Waals surface area contributed by atoms with Gasteiger partial charge in [0.15, 0.2) is 17.6 Å². The lowest BCUT2D eigenvalue weighted by Gasteiger charge is -2.13. The number of halogens is 1. The fourth-order valence-corrected chi connectivity index (χ4v) is 1.16. The highest BCUT2D eigenvalue weighted by molar-refractivity contribution is 6.30. The molecule has 1 atom stereocenters. The van der Waals surface area contributed by atoms with Crippen LogP contribution in [0.1, 0.15) is 6.92 Å². The van der Waals surface area contributed by atoms with Gasteiger partial charge in [-0.15, -0.1) is 0 Å². The number of carbonyl (C=O) groups excluding carboxylic acids is 1. The van der Waals surface area contributed by atoms with Crippen molar-refractivity contribution >= 4 is 17.6 Å². The minimum absolute atomic E-state index is 0.113. The van der Waals surface area contributed by atoms with Crippen molar-refractivity contribution < 1.29 is 19.4 Å². The molecule has 1 rings (SSSR count). The van der Waals surface area contributed by atoms with Crippen LogP contribution in [0.2, 0.25) is 5.02 Å². The molecule has 0 bridgehead atoms. The van der Waals surface area contributed by atoms with Gasteiger partial charge in [0.05, 0.1) is 7.11 Å². The number of hydrogen-bond acceptors (Lipinski definition) is 4. The van der Waals surface area contributed by atoms with Gasteiger partial charge < -0.3 is 14.6 Å². The van der Waals surface area contributed by atoms with Gasteiger partial charge in [0.1, 0.15) is 0 Å². The second-order valence-electron chi connectivity index (χ2n) is 2.90. The molecular weight excluding hydrogens is 220 g/mol. The van der Waals surface area contributed by atoms with Gasteiger partial charge in [-0.2, -0.15) is 0 Å². The molecule has 0 amide bonds. The van der Waals surface area contributed by atoms with Gasteiger partial charge in [-0.3, -0.25) is 0 Å². The molecule has 1 unspecified atom stereocenters. The number of aromatic hydroxyl groups is 1. The normalized spacial score (nSPS) is 11.9. The summed E-state index contributed by atoms with van der Waals surface area (Å²) in [7, 11) is 1.27. The van der Waals surface area contributed by atoms with E-state index in [1.807, 2.05) is 0 Å². The molecule has 1 aromatic rings. The smallest absolute Gasteiger partial charge is 0.346 e. The molecule has 0 radical (unpaired) electrons. The van der Waals surface area contributed by atoms with Crippen LogP contribution in [-0.2, 0) is 9.53 Å². The Morgan fingerprint density at radius 1 is 1.53 bits per heavy atom. The molecule has 82 valence electrons. The minimum Gasteiger partial charge on any atom is -0.504 e. The van der Waals surface area contributed by atoms with Crippen LogP contribution in [0.3, 0.4) is 0 Å². The zero-order valence-corrected chi connectivity index (χ0v) is 9.12. The lowest BCUT2D eigenvalue weighted by molar-refractivity contribution is -0.147. The zero-order chi connectivity index (χ0) is 11.4. The van der Waals surface area contributed by atoms with Gasteiger partial charge in [-0.1, -0.05) is 11.6 Å². The molecule has 5 heteroatoms. The van der Waals surface area contributed by atoms with Gasteiger partial charge in [0.25, 0.3) is 0 Å². The fraction of sp³-hybridized carbons (Fsp3) is 0.300. The van der Waals surface area contributed by atoms with E-state index in [0.29, 0.717) is 5.02 Å². The van der Waals surface area contributed by atoms with Gasteiger partial charge in [-0.05, 0) is 19.1 Å². The number of hydrogen-bond donors (Lipinski definition) is 1. The molecule has 0 saturated heterocycles. The number of benzene rings is 1. The first-order valence-electron chi connectivity index (χ1n) is 4.27. The van der Waals surface area contributed by atoms with Gasteiger partial charge in [0, 0.05) is 11.1 Å². The Kier molecular flexibility index (Phi) is 3.80. The standard InChI is InChI=1S/C10H11ClO4/c1-6(10(13)14-2)15-9-4-3-7(11)5-8(9)12/h3-6,12H,1-2H3. The van der Waals surface area contributed by atoms with Crippen molar-refractivity contribution in [3.05, 3.63) is 23.2 Å². The summed E-state index contributed by atoms with van der Waals surface area (Å²) in [5, 5.41) is 9.83. The molecule has 1 aromatic carbocycles. The number of methoxy groups -OCH3 is 1. The summed E-state index contributed by atoms with van der Waals surface area (Å²) >= 11 is 5.64. The quantitative estimate of drug-likeness (QED) is 0.807. The Hall–Kier alpha value is -1.42. The van der Waals surface area contributed by atoms with Gasteiger partial charge in [0.2, 0.25) is 0 Å². The van der Waals surface area contributed by atoms with E-state index < -0.39 is 12.1 Å². The predicted molar refractivity (Wildman–Crippen MR) is 55.2 cm³/mol. The Balaban J connectivity index is 2.76. The van der Waals surface area contributed by atoms with E-state index in [-0.39, 0.29) is 11.5 Å². The first-order chi connectivity index (χ1) is 7.04. The Bertz CT molecular complexity index is 364. The molecule has 0 aliphatic rings. The molecule has 0 heterocycles. The molecule has 0 aromatic heterocycles. The van der Waals surface area contributed by atoms with Crippen molar-refractivity contribution in [2.45, 2.75) is 13.0 Å². The Morgan fingerprint density at radius 2 is 2.20 bits per heavy atom. The van der Waals surface area contributed by atoms with Crippen LogP contribution in [0, 0.1) is 0 Å². The number of carbonyl (C=O) groups is 1. The maximum Gasteiger partial charge on any atom is 0.346 e. The van der Waals surface area contributed by atoms with Crippen molar-refractivity contribution in [1.82, 2.24) is 0 Å². The summed E-state index contributed by atoms with van der Waals surface area (Å²) in [5.41, 5.74) is 0. The average molecular weight is 231 g/mol. The average Bonchev–Trinajstić information content (AvgIpc) is 2.20. The second kappa shape index (κ2) is 4.89. The van der Waals surface area contributed by atoms with E-state index in [9.17, 15) is 9.90 Å². The van der Waals surface area contributed by atoms with Crippen LogP contribution in [0.25, 0.3) is 0 Å². The first kappa shape index (κ1) is 11.7. The monoisotopic (exact) mass is 230 g/mol. The van der Waals surface area contributed by atoms with Crippen LogP contribution < -0.4 is 4.74 Å². The summed E-state index contributed by atoms with van der Waals surface area (Å²) in [6.07, 6.45) is -0.776. The van der Waals surface area contributed by atoms with Crippen LogP contribution in [-0.4, -0.2) is 24.3 Å². The van der Waals surface area contributed by atoms with Crippen LogP contribution in [0.5, 0.6) is 11.5 Å². The summed E-state index contributed by atoms with van der Waals surface area (Å²) in [6, 6.07) is 4.37. The summed E-state index contributed by atoms with van der Waals surface area (Å²) in [4.78, 5) is 11.0. The molecule has 0 spiro atoms. The topological polar surface area (TPSA) is 55.8 Å². The molecule has 0 saturated carbocycles. The third-order valence-corrected chi connectivity index (χ3v) is 1.99. The summed E-state index contributed by atoms with van der Waals surface area (Å²) < 4.78 is 9.65. The maximum absolute atomic E-state index is 11.0. The minimum atomic E-state index is -0.776. The van der Waals surface area contributed by atoms with E-state index >= 15 is 0 Å². The van der Waals surface area contributed by atoms with Crippen molar-refractivity contribution in [1.29, 1.82) is 0 Å². The van der Waals surface area contributed by atoms with E-state index in [2.05, 4.69) is 4.74 Å². The van der Waals surface area contributed by atoms with Crippen LogP contribution in [0.4, 0.5) is 0 Å². The lowest BCUT2D eigenvalue weighted by atomic mass is 10.3. The molecule has 15 heavy (non-hydrogen) atoms. The third kappa shape index (κ3) is 3.02. The number of ether oxygens (including phenoxy) is 2. The number of phenols is 1. The largest absolute Gasteiger partial charge is 0.504 e. The van der Waals surface area contributed by atoms with E-state index in [4.69, 9.17) is 16.3 Å². The van der Waals surface area contributed by atoms with E-state index in [1.54, 1.807) is 6.07 Å². The Morgan fingerprint density at radius 3 is 2.73 bits per heavy atom. The van der Waals surface area contributed by atoms with Gasteiger partial charge in [-0.25, -0.2) is 4.79 Å².